The van der Waals surface area contributed by atoms with Crippen molar-refractivity contribution in [1.29, 1.82) is 0 Å². The van der Waals surface area contributed by atoms with E-state index in [0.717, 1.165) is 12.7 Å². The van der Waals surface area contributed by atoms with Crippen LogP contribution in [-0.2, 0) is 16.9 Å². The van der Waals surface area contributed by atoms with Gasteiger partial charge in [0, 0.05) is 43.6 Å². The normalized spacial score (nSPS) is 13.9. The van der Waals surface area contributed by atoms with E-state index in [1.165, 1.54) is 12.2 Å². The van der Waals surface area contributed by atoms with E-state index in [0.29, 0.717) is 35.9 Å². The van der Waals surface area contributed by atoms with Gasteiger partial charge in [-0.2, -0.15) is 5.10 Å². The van der Waals surface area contributed by atoms with Gasteiger partial charge >= 0.3 is 0 Å². The molecule has 1 heterocycles. The van der Waals surface area contributed by atoms with Crippen molar-refractivity contribution in [2.75, 3.05) is 18.2 Å². The average Bonchev–Trinajstić information content (AvgIpc) is 3.09. The standard InChI is InChI=1S/C24H29N3O6S.C2H6/c1-4-6-19(16-28)33-21-14-17(24(29)25-23-11-12-27(2)26-23)13-20(15-21)32-18-7-5-8-22(10-9-18)34(3,30)31;1-2/h5,8-15,19,28H,4,6-7,16H2,1-3H3,(H,25,26,29);1-2H3. The summed E-state index contributed by atoms with van der Waals surface area (Å²) in [7, 11) is -1.60. The highest BCUT2D eigenvalue weighted by atomic mass is 32.2. The molecular weight excluding hydrogens is 482 g/mol. The van der Waals surface area contributed by atoms with E-state index in [2.05, 4.69) is 10.4 Å². The summed E-state index contributed by atoms with van der Waals surface area (Å²) < 4.78 is 37.1. The number of aliphatic hydroxyl groups excluding tert-OH is 1. The van der Waals surface area contributed by atoms with E-state index in [1.54, 1.807) is 54.3 Å². The zero-order chi connectivity index (χ0) is 26.7. The lowest BCUT2D eigenvalue weighted by molar-refractivity contribution is 0.101. The summed E-state index contributed by atoms with van der Waals surface area (Å²) in [6, 6.07) is 6.45. The second-order valence-electron chi connectivity index (χ2n) is 7.92. The highest BCUT2D eigenvalue weighted by Crippen LogP contribution is 2.28. The summed E-state index contributed by atoms with van der Waals surface area (Å²) in [5, 5.41) is 16.5. The van der Waals surface area contributed by atoms with Crippen LogP contribution in [0.1, 0.15) is 50.4 Å². The topological polar surface area (TPSA) is 120 Å². The predicted molar refractivity (Wildman–Crippen MR) is 141 cm³/mol. The molecule has 0 fully saturated rings. The van der Waals surface area contributed by atoms with Crippen LogP contribution < -0.4 is 14.8 Å². The summed E-state index contributed by atoms with van der Waals surface area (Å²) in [5.74, 6) is 1.20. The fraction of sp³-hybridized carbons (Fsp3) is 0.385. The largest absolute Gasteiger partial charge is 0.488 e. The number of nitrogens with zero attached hydrogens (tertiary/aromatic N) is 2. The number of hydrogen-bond donors (Lipinski definition) is 2. The maximum atomic E-state index is 12.9. The molecule has 1 atom stereocenters. The summed E-state index contributed by atoms with van der Waals surface area (Å²) in [6.45, 7) is 5.82. The monoisotopic (exact) mass is 517 g/mol. The molecule has 1 aliphatic rings. The Bertz CT molecular complexity index is 1230. The molecule has 1 aromatic heterocycles. The molecule has 0 saturated heterocycles. The van der Waals surface area contributed by atoms with Crippen LogP contribution in [0, 0.1) is 0 Å². The SMILES string of the molecule is CC.CCCC(CO)Oc1cc(OC2=CC=C(S(C)(=O)=O)C=CC2)cc(C(=O)Nc2ccn(C)n2)c1. The van der Waals surface area contributed by atoms with Gasteiger partial charge in [-0.3, -0.25) is 9.48 Å². The van der Waals surface area contributed by atoms with Crippen LogP contribution in [0.4, 0.5) is 5.82 Å². The molecule has 36 heavy (non-hydrogen) atoms. The number of allylic oxidation sites excluding steroid dienone is 4. The molecule has 1 amide bonds. The molecule has 9 nitrogen and oxygen atoms in total. The first-order chi connectivity index (χ1) is 17.2. The Morgan fingerprint density at radius 1 is 1.22 bits per heavy atom. The second kappa shape index (κ2) is 13.6. The Kier molecular flexibility index (Phi) is 10.9. The molecule has 1 aromatic carbocycles. The van der Waals surface area contributed by atoms with Gasteiger partial charge in [-0.15, -0.1) is 0 Å². The number of amides is 1. The van der Waals surface area contributed by atoms with Crippen molar-refractivity contribution in [1.82, 2.24) is 9.78 Å². The Labute approximate surface area is 213 Å². The summed E-state index contributed by atoms with van der Waals surface area (Å²) in [5.41, 5.74) is 0.281. The van der Waals surface area contributed by atoms with Gasteiger partial charge in [0.1, 0.15) is 23.4 Å². The van der Waals surface area contributed by atoms with Crippen LogP contribution in [-0.4, -0.2) is 48.2 Å². The Morgan fingerprint density at radius 2 is 1.94 bits per heavy atom. The third kappa shape index (κ3) is 8.69. The molecule has 0 bridgehead atoms. The quantitative estimate of drug-likeness (QED) is 0.480. The first-order valence-corrected chi connectivity index (χ1v) is 13.8. The minimum atomic E-state index is -3.35. The first kappa shape index (κ1) is 28.9. The molecule has 1 aliphatic carbocycles. The average molecular weight is 518 g/mol. The van der Waals surface area contributed by atoms with Crippen molar-refractivity contribution in [2.45, 2.75) is 46.1 Å². The molecule has 10 heteroatoms. The third-order valence-electron chi connectivity index (χ3n) is 4.93. The van der Waals surface area contributed by atoms with Gasteiger partial charge in [0.25, 0.3) is 5.91 Å². The van der Waals surface area contributed by atoms with Gasteiger partial charge < -0.3 is 19.9 Å². The second-order valence-corrected chi connectivity index (χ2v) is 9.93. The van der Waals surface area contributed by atoms with Crippen LogP contribution in [0.25, 0.3) is 0 Å². The predicted octanol–water partition coefficient (Wildman–Crippen LogP) is 4.39. The number of sulfone groups is 1. The number of rotatable bonds is 10. The van der Waals surface area contributed by atoms with Gasteiger partial charge in [-0.05, 0) is 36.8 Å². The number of hydrogen-bond acceptors (Lipinski definition) is 7. The molecule has 0 aliphatic heterocycles. The number of benzene rings is 1. The van der Waals surface area contributed by atoms with Crippen molar-refractivity contribution >= 4 is 21.6 Å². The number of aryl methyl sites for hydroxylation is 1. The van der Waals surface area contributed by atoms with E-state index < -0.39 is 21.8 Å². The number of anilines is 1. The Morgan fingerprint density at radius 3 is 2.56 bits per heavy atom. The first-order valence-electron chi connectivity index (χ1n) is 11.9. The maximum Gasteiger partial charge on any atom is 0.257 e. The fourth-order valence-electron chi connectivity index (χ4n) is 3.27. The highest BCUT2D eigenvalue weighted by molar-refractivity contribution is 7.94. The van der Waals surface area contributed by atoms with Crippen molar-refractivity contribution in [2.24, 2.45) is 7.05 Å². The van der Waals surface area contributed by atoms with Gasteiger partial charge in [0.15, 0.2) is 15.7 Å². The van der Waals surface area contributed by atoms with Crippen LogP contribution in [0.2, 0.25) is 0 Å². The smallest absolute Gasteiger partial charge is 0.257 e. The lowest BCUT2D eigenvalue weighted by Crippen LogP contribution is -2.21. The van der Waals surface area contributed by atoms with Gasteiger partial charge in [-0.1, -0.05) is 33.3 Å². The van der Waals surface area contributed by atoms with Crippen LogP contribution in [0.3, 0.4) is 0 Å². The van der Waals surface area contributed by atoms with Crippen molar-refractivity contribution in [3.05, 3.63) is 71.0 Å². The number of ether oxygens (including phenoxy) is 2. The van der Waals surface area contributed by atoms with E-state index in [4.69, 9.17) is 9.47 Å². The number of carbonyl (C=O) groups excluding carboxylic acids is 1. The minimum Gasteiger partial charge on any atom is -0.488 e. The molecule has 2 N–H and O–H groups in total. The summed E-state index contributed by atoms with van der Waals surface area (Å²) in [4.78, 5) is 13.1. The molecule has 196 valence electrons. The van der Waals surface area contributed by atoms with E-state index in [9.17, 15) is 18.3 Å². The molecule has 1 unspecified atom stereocenters. The number of aliphatic hydroxyl groups is 1. The molecule has 0 radical (unpaired) electrons. The Balaban J connectivity index is 0.00000222. The number of aromatic nitrogens is 2. The molecule has 0 spiro atoms. The summed E-state index contributed by atoms with van der Waals surface area (Å²) in [6.07, 6.45) is 10.6. The summed E-state index contributed by atoms with van der Waals surface area (Å²) >= 11 is 0. The number of nitrogens with one attached hydrogen (secondary N) is 1. The number of carbonyl (C=O) groups is 1. The highest BCUT2D eigenvalue weighted by Gasteiger charge is 2.16. The third-order valence-corrected chi connectivity index (χ3v) is 6.05. The van der Waals surface area contributed by atoms with Crippen molar-refractivity contribution in [3.8, 4) is 11.5 Å². The molecule has 0 saturated carbocycles. The van der Waals surface area contributed by atoms with Crippen LogP contribution in [0.5, 0.6) is 11.5 Å². The lowest BCUT2D eigenvalue weighted by Gasteiger charge is -2.18. The van der Waals surface area contributed by atoms with Crippen molar-refractivity contribution < 1.29 is 27.8 Å². The minimum absolute atomic E-state index is 0.163. The maximum absolute atomic E-state index is 12.9. The molecule has 3 rings (SSSR count). The van der Waals surface area contributed by atoms with E-state index in [1.807, 2.05) is 20.8 Å². The zero-order valence-electron chi connectivity index (χ0n) is 21.4. The van der Waals surface area contributed by atoms with Crippen molar-refractivity contribution in [3.63, 3.8) is 0 Å². The van der Waals surface area contributed by atoms with Gasteiger partial charge in [0.05, 0.1) is 11.5 Å². The van der Waals surface area contributed by atoms with Gasteiger partial charge in [-0.25, -0.2) is 8.42 Å². The van der Waals surface area contributed by atoms with Gasteiger partial charge in [0.2, 0.25) is 0 Å². The molecule has 2 aromatic rings. The zero-order valence-corrected chi connectivity index (χ0v) is 22.2. The Hall–Kier alpha value is -3.37. The van der Waals surface area contributed by atoms with Crippen LogP contribution >= 0.6 is 0 Å². The van der Waals surface area contributed by atoms with E-state index in [-0.39, 0.29) is 17.1 Å². The van der Waals surface area contributed by atoms with E-state index >= 15 is 0 Å². The lowest BCUT2D eigenvalue weighted by atomic mass is 10.1. The fourth-order valence-corrected chi connectivity index (χ4v) is 3.92. The van der Waals surface area contributed by atoms with Crippen LogP contribution in [0.15, 0.2) is 65.4 Å². The molecular formula is C26H35N3O6S.